The van der Waals surface area contributed by atoms with Crippen LogP contribution in [0, 0.1) is 6.92 Å². The maximum atomic E-state index is 12.6. The fourth-order valence-electron chi connectivity index (χ4n) is 3.10. The minimum Gasteiger partial charge on any atom is -0.320 e. The maximum Gasteiger partial charge on any atom is 0.277 e. The molecule has 0 spiro atoms. The number of rotatable bonds is 5. The van der Waals surface area contributed by atoms with Gasteiger partial charge in [0, 0.05) is 23.0 Å². The second-order valence-electron chi connectivity index (χ2n) is 6.63. The molecule has 3 aromatic rings. The van der Waals surface area contributed by atoms with Crippen molar-refractivity contribution in [3.8, 4) is 0 Å². The summed E-state index contributed by atoms with van der Waals surface area (Å²) in [6.07, 6.45) is 7.15. The van der Waals surface area contributed by atoms with Crippen LogP contribution < -0.4 is 10.6 Å². The minimum absolute atomic E-state index is 0. The molecule has 0 atom stereocenters. The van der Waals surface area contributed by atoms with Crippen molar-refractivity contribution in [2.75, 3.05) is 18.4 Å². The van der Waals surface area contributed by atoms with E-state index in [4.69, 9.17) is 0 Å². The molecule has 2 N–H and O–H groups in total. The van der Waals surface area contributed by atoms with E-state index in [2.05, 4.69) is 30.9 Å². The summed E-state index contributed by atoms with van der Waals surface area (Å²) in [5, 5.41) is 15.1. The predicted molar refractivity (Wildman–Crippen MR) is 114 cm³/mol. The second kappa shape index (κ2) is 9.82. The predicted octanol–water partition coefficient (Wildman–Crippen LogP) is 3.13. The van der Waals surface area contributed by atoms with E-state index >= 15 is 0 Å². The lowest BCUT2D eigenvalue weighted by Crippen LogP contribution is -2.29. The number of piperidine rings is 1. The largest absolute Gasteiger partial charge is 0.320 e. The third-order valence-electron chi connectivity index (χ3n) is 4.62. The Hall–Kier alpha value is -2.49. The number of hydrogen-bond acceptors (Lipinski definition) is 7. The number of carbonyl (C=O) groups is 1. The molecule has 0 saturated carbocycles. The fourth-order valence-corrected chi connectivity index (χ4v) is 3.91. The molecule has 10 heteroatoms. The number of hydrogen-bond donors (Lipinski definition) is 2. The van der Waals surface area contributed by atoms with Crippen LogP contribution in [0.2, 0.25) is 0 Å². The van der Waals surface area contributed by atoms with E-state index in [0.717, 1.165) is 42.1 Å². The first-order chi connectivity index (χ1) is 13.7. The van der Waals surface area contributed by atoms with Crippen molar-refractivity contribution < 1.29 is 4.79 Å². The van der Waals surface area contributed by atoms with Crippen LogP contribution in [-0.4, -0.2) is 44.0 Å². The fraction of sp³-hybridized carbons (Fsp3) is 0.316. The van der Waals surface area contributed by atoms with E-state index in [1.807, 2.05) is 29.8 Å². The van der Waals surface area contributed by atoms with Crippen LogP contribution >= 0.6 is 24.2 Å². The molecular formula is C19H22ClN7OS. The molecule has 8 nitrogen and oxygen atoms in total. The summed E-state index contributed by atoms with van der Waals surface area (Å²) >= 11 is 1.48. The number of aryl methyl sites for hydroxylation is 1. The molecular weight excluding hydrogens is 410 g/mol. The highest BCUT2D eigenvalue weighted by molar-refractivity contribution is 7.99. The van der Waals surface area contributed by atoms with Gasteiger partial charge in [-0.25, -0.2) is 14.6 Å². The Kier molecular flexibility index (Phi) is 7.18. The topological polar surface area (TPSA) is 97.6 Å². The number of nitrogens with zero attached hydrogens (tertiary/aromatic N) is 5. The van der Waals surface area contributed by atoms with Crippen LogP contribution in [0.4, 0.5) is 5.69 Å². The average Bonchev–Trinajstić information content (AvgIpc) is 3.22. The van der Waals surface area contributed by atoms with Gasteiger partial charge in [-0.2, -0.15) is 0 Å². The van der Waals surface area contributed by atoms with Crippen molar-refractivity contribution in [2.45, 2.75) is 35.9 Å². The van der Waals surface area contributed by atoms with Crippen molar-refractivity contribution in [1.82, 2.24) is 30.3 Å². The molecule has 0 unspecified atom stereocenters. The third kappa shape index (κ3) is 5.31. The number of amides is 1. The zero-order valence-electron chi connectivity index (χ0n) is 15.9. The van der Waals surface area contributed by atoms with Crippen molar-refractivity contribution in [1.29, 1.82) is 0 Å². The van der Waals surface area contributed by atoms with Crippen LogP contribution in [0.3, 0.4) is 0 Å². The molecule has 0 radical (unpaired) electrons. The number of halogens is 1. The molecule has 4 rings (SSSR count). The van der Waals surface area contributed by atoms with Crippen LogP contribution in [0.1, 0.15) is 34.9 Å². The van der Waals surface area contributed by atoms with Gasteiger partial charge < -0.3 is 10.6 Å². The van der Waals surface area contributed by atoms with E-state index in [-0.39, 0.29) is 18.3 Å². The van der Waals surface area contributed by atoms with Gasteiger partial charge in [-0.1, -0.05) is 5.21 Å². The van der Waals surface area contributed by atoms with Gasteiger partial charge in [0.2, 0.25) is 0 Å². The summed E-state index contributed by atoms with van der Waals surface area (Å²) in [7, 11) is 0. The molecule has 1 aromatic carbocycles. The molecule has 29 heavy (non-hydrogen) atoms. The van der Waals surface area contributed by atoms with Gasteiger partial charge in [0.15, 0.2) is 10.9 Å². The third-order valence-corrected chi connectivity index (χ3v) is 5.51. The van der Waals surface area contributed by atoms with E-state index in [1.54, 1.807) is 24.7 Å². The van der Waals surface area contributed by atoms with Crippen LogP contribution in [0.25, 0.3) is 0 Å². The second-order valence-corrected chi connectivity index (χ2v) is 7.67. The molecule has 1 fully saturated rings. The highest BCUT2D eigenvalue weighted by atomic mass is 35.5. The molecule has 1 aliphatic heterocycles. The Morgan fingerprint density at radius 3 is 2.72 bits per heavy atom. The van der Waals surface area contributed by atoms with Gasteiger partial charge in [0.1, 0.15) is 0 Å². The van der Waals surface area contributed by atoms with Gasteiger partial charge in [-0.15, -0.1) is 17.5 Å². The van der Waals surface area contributed by atoms with Gasteiger partial charge in [0.25, 0.3) is 5.91 Å². The maximum absolute atomic E-state index is 12.6. The summed E-state index contributed by atoms with van der Waals surface area (Å²) in [6, 6.07) is 7.91. The van der Waals surface area contributed by atoms with E-state index in [9.17, 15) is 4.79 Å². The molecule has 0 bridgehead atoms. The van der Waals surface area contributed by atoms with Crippen LogP contribution in [0.5, 0.6) is 0 Å². The summed E-state index contributed by atoms with van der Waals surface area (Å²) < 4.78 is 1.81. The number of nitrogens with one attached hydrogen (secondary N) is 2. The van der Waals surface area contributed by atoms with Crippen molar-refractivity contribution in [3.05, 3.63) is 54.1 Å². The SMILES string of the molecule is Cc1cc(Sc2ncccn2)ccc1NC(=O)c1cn(C2CCNCC2)nn1.Cl. The van der Waals surface area contributed by atoms with Crippen LogP contribution in [-0.2, 0) is 0 Å². The normalized spacial score (nSPS) is 14.2. The van der Waals surface area contributed by atoms with Gasteiger partial charge in [-0.3, -0.25) is 4.79 Å². The Morgan fingerprint density at radius 2 is 2.00 bits per heavy atom. The monoisotopic (exact) mass is 431 g/mol. The van der Waals surface area contributed by atoms with Crippen molar-refractivity contribution in [2.24, 2.45) is 0 Å². The number of benzene rings is 1. The standard InChI is InChI=1S/C19H21N7OS.ClH/c1-13-11-15(28-19-21-7-2-8-22-19)3-4-16(13)23-18(27)17-12-26(25-24-17)14-5-9-20-10-6-14;/h2-4,7-8,11-12,14,20H,5-6,9-10H2,1H3,(H,23,27);1H. The number of anilines is 1. The summed E-state index contributed by atoms with van der Waals surface area (Å²) in [4.78, 5) is 22.0. The van der Waals surface area contributed by atoms with Gasteiger partial charge in [0.05, 0.1) is 12.2 Å². The summed E-state index contributed by atoms with van der Waals surface area (Å²) in [6.45, 7) is 3.88. The summed E-state index contributed by atoms with van der Waals surface area (Å²) in [5.74, 6) is -0.255. The molecule has 152 valence electrons. The molecule has 3 heterocycles. The smallest absolute Gasteiger partial charge is 0.277 e. The first kappa shape index (κ1) is 21.2. The lowest BCUT2D eigenvalue weighted by molar-refractivity contribution is 0.102. The van der Waals surface area contributed by atoms with Crippen LogP contribution in [0.15, 0.2) is 52.9 Å². The zero-order chi connectivity index (χ0) is 19.3. The highest BCUT2D eigenvalue weighted by Crippen LogP contribution is 2.28. The Labute approximate surface area is 179 Å². The molecule has 2 aromatic heterocycles. The highest BCUT2D eigenvalue weighted by Gasteiger charge is 2.19. The minimum atomic E-state index is -0.255. The lowest BCUT2D eigenvalue weighted by Gasteiger charge is -2.22. The van der Waals surface area contributed by atoms with E-state index in [0.29, 0.717) is 16.9 Å². The Bertz CT molecular complexity index is 960. The van der Waals surface area contributed by atoms with E-state index in [1.165, 1.54) is 11.8 Å². The first-order valence-electron chi connectivity index (χ1n) is 9.18. The van der Waals surface area contributed by atoms with Gasteiger partial charge in [-0.05, 0) is 74.4 Å². The Morgan fingerprint density at radius 1 is 1.24 bits per heavy atom. The Balaban J connectivity index is 0.00000240. The first-order valence-corrected chi connectivity index (χ1v) is 10.00. The number of aromatic nitrogens is 5. The van der Waals surface area contributed by atoms with Gasteiger partial charge >= 0.3 is 0 Å². The van der Waals surface area contributed by atoms with Crippen molar-refractivity contribution in [3.63, 3.8) is 0 Å². The average molecular weight is 432 g/mol. The quantitative estimate of drug-likeness (QED) is 0.599. The van der Waals surface area contributed by atoms with Crippen molar-refractivity contribution >= 4 is 35.8 Å². The van der Waals surface area contributed by atoms with E-state index < -0.39 is 0 Å². The lowest BCUT2D eigenvalue weighted by atomic mass is 10.1. The summed E-state index contributed by atoms with van der Waals surface area (Å²) in [5.41, 5.74) is 2.04. The molecule has 1 saturated heterocycles. The molecule has 1 aliphatic rings. The number of carbonyl (C=O) groups excluding carboxylic acids is 1. The zero-order valence-corrected chi connectivity index (χ0v) is 17.5. The molecule has 0 aliphatic carbocycles. The molecule has 1 amide bonds.